The summed E-state index contributed by atoms with van der Waals surface area (Å²) in [5, 5.41) is 6.36. The smallest absolute Gasteiger partial charge is 0.241 e. The normalized spacial score (nSPS) is 17.5. The number of benzene rings is 1. The van der Waals surface area contributed by atoms with Gasteiger partial charge in [0, 0.05) is 37.6 Å². The predicted octanol–water partition coefficient (Wildman–Crippen LogP) is 1.70. The Morgan fingerprint density at radius 2 is 2.05 bits per heavy atom. The van der Waals surface area contributed by atoms with E-state index in [4.69, 9.17) is 5.73 Å². The lowest BCUT2D eigenvalue weighted by Gasteiger charge is -2.36. The number of anilines is 2. The molecule has 1 aromatic carbocycles. The van der Waals surface area contributed by atoms with Crippen molar-refractivity contribution in [3.05, 3.63) is 23.8 Å². The van der Waals surface area contributed by atoms with Crippen molar-refractivity contribution in [1.29, 1.82) is 0 Å². The standard InChI is InChI=1S/C17H28N4O/c1-4-13-5-6-14(11-15(13)18)20-17(22)16(12(2)3)21-9-7-19-8-10-21/h5-6,11-12,16,19H,4,7-10,18H2,1-3H3,(H,20,22). The lowest BCUT2D eigenvalue weighted by atomic mass is 10.0. The molecule has 122 valence electrons. The fourth-order valence-electron chi connectivity index (χ4n) is 3.06. The first-order valence-electron chi connectivity index (χ1n) is 8.17. The van der Waals surface area contributed by atoms with E-state index in [2.05, 4.69) is 36.3 Å². The molecule has 0 saturated carbocycles. The van der Waals surface area contributed by atoms with E-state index in [1.807, 2.05) is 18.2 Å². The fourth-order valence-corrected chi connectivity index (χ4v) is 3.06. The third-order valence-electron chi connectivity index (χ3n) is 4.24. The highest BCUT2D eigenvalue weighted by atomic mass is 16.2. The maximum Gasteiger partial charge on any atom is 0.241 e. The number of nitrogens with two attached hydrogens (primary N) is 1. The molecule has 1 amide bonds. The first kappa shape index (κ1) is 16.8. The summed E-state index contributed by atoms with van der Waals surface area (Å²) in [6, 6.07) is 5.67. The number of amides is 1. The Morgan fingerprint density at radius 1 is 1.36 bits per heavy atom. The molecule has 1 aliphatic heterocycles. The minimum absolute atomic E-state index is 0.0561. The molecule has 1 heterocycles. The lowest BCUT2D eigenvalue weighted by Crippen LogP contribution is -2.54. The van der Waals surface area contributed by atoms with E-state index < -0.39 is 0 Å². The van der Waals surface area contributed by atoms with Gasteiger partial charge < -0.3 is 16.4 Å². The molecule has 5 heteroatoms. The molecule has 0 aliphatic carbocycles. The van der Waals surface area contributed by atoms with Crippen molar-refractivity contribution in [1.82, 2.24) is 10.2 Å². The van der Waals surface area contributed by atoms with Crippen LogP contribution in [-0.4, -0.2) is 43.0 Å². The number of hydrogen-bond acceptors (Lipinski definition) is 4. The van der Waals surface area contributed by atoms with E-state index in [1.54, 1.807) is 0 Å². The number of nitrogens with one attached hydrogen (secondary N) is 2. The van der Waals surface area contributed by atoms with Crippen LogP contribution in [0.15, 0.2) is 18.2 Å². The van der Waals surface area contributed by atoms with Crippen LogP contribution >= 0.6 is 0 Å². The zero-order valence-electron chi connectivity index (χ0n) is 13.9. The van der Waals surface area contributed by atoms with Crippen LogP contribution in [0.5, 0.6) is 0 Å². The SMILES string of the molecule is CCc1ccc(NC(=O)C(C(C)C)N2CCNCC2)cc1N. The van der Waals surface area contributed by atoms with Crippen LogP contribution in [-0.2, 0) is 11.2 Å². The quantitative estimate of drug-likeness (QED) is 0.724. The molecular weight excluding hydrogens is 276 g/mol. The van der Waals surface area contributed by atoms with Gasteiger partial charge in [0.15, 0.2) is 0 Å². The first-order chi connectivity index (χ1) is 10.5. The Kier molecular flexibility index (Phi) is 5.80. The van der Waals surface area contributed by atoms with E-state index in [0.29, 0.717) is 0 Å². The third kappa shape index (κ3) is 3.99. The summed E-state index contributed by atoms with van der Waals surface area (Å²) in [6.45, 7) is 9.97. The zero-order chi connectivity index (χ0) is 16.1. The molecule has 1 saturated heterocycles. The third-order valence-corrected chi connectivity index (χ3v) is 4.24. The summed E-state index contributed by atoms with van der Waals surface area (Å²) < 4.78 is 0. The second-order valence-corrected chi connectivity index (χ2v) is 6.23. The monoisotopic (exact) mass is 304 g/mol. The van der Waals surface area contributed by atoms with Gasteiger partial charge in [-0.15, -0.1) is 0 Å². The molecule has 2 rings (SSSR count). The van der Waals surface area contributed by atoms with Crippen LogP contribution < -0.4 is 16.4 Å². The molecule has 1 unspecified atom stereocenters. The highest BCUT2D eigenvalue weighted by molar-refractivity contribution is 5.95. The minimum Gasteiger partial charge on any atom is -0.398 e. The van der Waals surface area contributed by atoms with Crippen molar-refractivity contribution >= 4 is 17.3 Å². The van der Waals surface area contributed by atoms with E-state index in [-0.39, 0.29) is 17.9 Å². The van der Waals surface area contributed by atoms with E-state index >= 15 is 0 Å². The number of carbonyl (C=O) groups is 1. The maximum atomic E-state index is 12.7. The molecule has 0 radical (unpaired) electrons. The van der Waals surface area contributed by atoms with Gasteiger partial charge in [0.1, 0.15) is 0 Å². The average molecular weight is 304 g/mol. The first-order valence-corrected chi connectivity index (χ1v) is 8.17. The number of piperazine rings is 1. The molecule has 5 nitrogen and oxygen atoms in total. The minimum atomic E-state index is -0.103. The van der Waals surface area contributed by atoms with Crippen LogP contribution in [0, 0.1) is 5.92 Å². The van der Waals surface area contributed by atoms with Crippen molar-refractivity contribution in [2.45, 2.75) is 33.2 Å². The molecule has 4 N–H and O–H groups in total. The summed E-state index contributed by atoms with van der Waals surface area (Å²) in [4.78, 5) is 15.0. The van der Waals surface area contributed by atoms with Gasteiger partial charge in [-0.25, -0.2) is 0 Å². The van der Waals surface area contributed by atoms with Crippen LogP contribution in [0.1, 0.15) is 26.3 Å². The predicted molar refractivity (Wildman–Crippen MR) is 91.9 cm³/mol. The van der Waals surface area contributed by atoms with Gasteiger partial charge in [0.2, 0.25) is 5.91 Å². The molecule has 22 heavy (non-hydrogen) atoms. The van der Waals surface area contributed by atoms with E-state index in [1.165, 1.54) is 0 Å². The van der Waals surface area contributed by atoms with Crippen molar-refractivity contribution in [3.8, 4) is 0 Å². The largest absolute Gasteiger partial charge is 0.398 e. The number of aryl methyl sites for hydroxylation is 1. The zero-order valence-corrected chi connectivity index (χ0v) is 13.9. The number of nitrogens with zero attached hydrogens (tertiary/aromatic N) is 1. The van der Waals surface area contributed by atoms with Gasteiger partial charge in [-0.05, 0) is 30.0 Å². The summed E-state index contributed by atoms with van der Waals surface area (Å²) in [6.07, 6.45) is 0.898. The molecule has 1 fully saturated rings. The van der Waals surface area contributed by atoms with Gasteiger partial charge in [0.05, 0.1) is 6.04 Å². The summed E-state index contributed by atoms with van der Waals surface area (Å²) in [7, 11) is 0. The highest BCUT2D eigenvalue weighted by Gasteiger charge is 2.29. The van der Waals surface area contributed by atoms with Crippen LogP contribution in [0.4, 0.5) is 11.4 Å². The Bertz CT molecular complexity index is 509. The summed E-state index contributed by atoms with van der Waals surface area (Å²) in [5.74, 6) is 0.325. The molecule has 1 aliphatic rings. The van der Waals surface area contributed by atoms with Gasteiger partial charge in [-0.2, -0.15) is 0 Å². The summed E-state index contributed by atoms with van der Waals surface area (Å²) in [5.41, 5.74) is 8.65. The van der Waals surface area contributed by atoms with Gasteiger partial charge in [-0.3, -0.25) is 9.69 Å². The van der Waals surface area contributed by atoms with Crippen LogP contribution in [0.25, 0.3) is 0 Å². The molecule has 1 atom stereocenters. The number of nitrogen functional groups attached to an aromatic ring is 1. The van der Waals surface area contributed by atoms with Crippen molar-refractivity contribution in [2.75, 3.05) is 37.2 Å². The second-order valence-electron chi connectivity index (χ2n) is 6.23. The van der Waals surface area contributed by atoms with Gasteiger partial charge >= 0.3 is 0 Å². The Hall–Kier alpha value is -1.59. The molecule has 0 aromatic heterocycles. The Labute approximate surface area is 133 Å². The van der Waals surface area contributed by atoms with Crippen molar-refractivity contribution in [3.63, 3.8) is 0 Å². The number of hydrogen-bond donors (Lipinski definition) is 3. The van der Waals surface area contributed by atoms with Gasteiger partial charge in [0.25, 0.3) is 0 Å². The topological polar surface area (TPSA) is 70.4 Å². The molecule has 1 aromatic rings. The van der Waals surface area contributed by atoms with Gasteiger partial charge in [-0.1, -0.05) is 26.8 Å². The van der Waals surface area contributed by atoms with Crippen LogP contribution in [0.2, 0.25) is 0 Å². The molecule has 0 spiro atoms. The fraction of sp³-hybridized carbons (Fsp3) is 0.588. The van der Waals surface area contributed by atoms with E-state index in [0.717, 1.165) is 49.5 Å². The molecule has 0 bridgehead atoms. The molecular formula is C17H28N4O. The highest BCUT2D eigenvalue weighted by Crippen LogP contribution is 2.20. The van der Waals surface area contributed by atoms with Crippen molar-refractivity contribution < 1.29 is 4.79 Å². The Morgan fingerprint density at radius 3 is 2.59 bits per heavy atom. The Balaban J connectivity index is 2.09. The number of rotatable bonds is 5. The van der Waals surface area contributed by atoms with Crippen molar-refractivity contribution in [2.24, 2.45) is 5.92 Å². The second kappa shape index (κ2) is 7.61. The lowest BCUT2D eigenvalue weighted by molar-refractivity contribution is -0.123. The number of carbonyl (C=O) groups excluding carboxylic acids is 1. The van der Waals surface area contributed by atoms with E-state index in [9.17, 15) is 4.79 Å². The average Bonchev–Trinajstić information content (AvgIpc) is 2.48. The maximum absolute atomic E-state index is 12.7. The van der Waals surface area contributed by atoms with Crippen LogP contribution in [0.3, 0.4) is 0 Å². The summed E-state index contributed by atoms with van der Waals surface area (Å²) >= 11 is 0.